The Hall–Kier alpha value is -2.67. The lowest BCUT2D eigenvalue weighted by Gasteiger charge is -2.09. The van der Waals surface area contributed by atoms with Crippen molar-refractivity contribution in [3.8, 4) is 0 Å². The summed E-state index contributed by atoms with van der Waals surface area (Å²) in [6.07, 6.45) is 0. The Morgan fingerprint density at radius 1 is 0.958 bits per heavy atom. The number of ketones is 1. The predicted molar refractivity (Wildman–Crippen MR) is 89.7 cm³/mol. The van der Waals surface area contributed by atoms with Gasteiger partial charge in [0.05, 0.1) is 17.1 Å². The zero-order valence-electron chi connectivity index (χ0n) is 13.3. The van der Waals surface area contributed by atoms with Gasteiger partial charge in [-0.1, -0.05) is 0 Å². The lowest BCUT2D eigenvalue weighted by Crippen LogP contribution is -2.13. The van der Waals surface area contributed by atoms with Crippen LogP contribution in [0, 0.1) is 0 Å². The highest BCUT2D eigenvalue weighted by atomic mass is 32.2. The van der Waals surface area contributed by atoms with Crippen LogP contribution in [-0.2, 0) is 14.8 Å². The smallest absolute Gasteiger partial charge is 0.338 e. The molecule has 0 saturated carbocycles. The first-order valence-corrected chi connectivity index (χ1v) is 8.73. The summed E-state index contributed by atoms with van der Waals surface area (Å²) in [5.74, 6) is -0.604. The number of benzene rings is 2. The van der Waals surface area contributed by atoms with Crippen LogP contribution in [0.15, 0.2) is 53.4 Å². The largest absolute Gasteiger partial charge is 0.462 e. The van der Waals surface area contributed by atoms with Crippen molar-refractivity contribution in [2.24, 2.45) is 0 Å². The monoisotopic (exact) mass is 347 g/mol. The van der Waals surface area contributed by atoms with Gasteiger partial charge < -0.3 is 4.74 Å². The molecule has 0 radical (unpaired) electrons. The summed E-state index contributed by atoms with van der Waals surface area (Å²) in [6, 6.07) is 11.6. The van der Waals surface area contributed by atoms with Gasteiger partial charge in [-0.2, -0.15) is 0 Å². The molecule has 0 bridgehead atoms. The lowest BCUT2D eigenvalue weighted by atomic mass is 10.1. The average molecular weight is 347 g/mol. The van der Waals surface area contributed by atoms with Crippen molar-refractivity contribution in [1.29, 1.82) is 0 Å². The molecule has 2 aromatic rings. The third-order valence-corrected chi connectivity index (χ3v) is 4.62. The highest BCUT2D eigenvalue weighted by Gasteiger charge is 2.15. The molecule has 24 heavy (non-hydrogen) atoms. The van der Waals surface area contributed by atoms with Crippen molar-refractivity contribution in [3.05, 3.63) is 59.7 Å². The normalized spacial score (nSPS) is 10.9. The molecule has 0 aromatic heterocycles. The molecule has 0 saturated heterocycles. The minimum Gasteiger partial charge on any atom is -0.462 e. The van der Waals surface area contributed by atoms with Gasteiger partial charge in [0, 0.05) is 11.3 Å². The second-order valence-corrected chi connectivity index (χ2v) is 6.67. The summed E-state index contributed by atoms with van der Waals surface area (Å²) in [7, 11) is -3.79. The van der Waals surface area contributed by atoms with E-state index in [1.807, 2.05) is 0 Å². The number of nitrogens with one attached hydrogen (secondary N) is 1. The van der Waals surface area contributed by atoms with Gasteiger partial charge in [-0.05, 0) is 62.4 Å². The maximum atomic E-state index is 12.3. The Bertz CT molecular complexity index is 840. The van der Waals surface area contributed by atoms with Crippen LogP contribution >= 0.6 is 0 Å². The number of hydrogen-bond donors (Lipinski definition) is 1. The fourth-order valence-electron chi connectivity index (χ4n) is 1.97. The summed E-state index contributed by atoms with van der Waals surface area (Å²) < 4.78 is 31.9. The molecule has 0 aliphatic carbocycles. The van der Waals surface area contributed by atoms with Crippen molar-refractivity contribution in [2.45, 2.75) is 18.7 Å². The molecule has 0 aliphatic rings. The fourth-order valence-corrected chi connectivity index (χ4v) is 3.03. The predicted octanol–water partition coefficient (Wildman–Crippen LogP) is 2.87. The minimum absolute atomic E-state index is 0.0196. The van der Waals surface area contributed by atoms with Crippen LogP contribution in [0.1, 0.15) is 34.6 Å². The van der Waals surface area contributed by atoms with Crippen LogP contribution in [0.4, 0.5) is 5.69 Å². The van der Waals surface area contributed by atoms with Crippen molar-refractivity contribution >= 4 is 27.5 Å². The Kier molecular flexibility index (Phi) is 5.35. The van der Waals surface area contributed by atoms with Gasteiger partial charge >= 0.3 is 5.97 Å². The van der Waals surface area contributed by atoms with Gasteiger partial charge in [0.2, 0.25) is 0 Å². The Labute approximate surface area is 140 Å². The quantitative estimate of drug-likeness (QED) is 0.641. The molecule has 7 heteroatoms. The van der Waals surface area contributed by atoms with E-state index in [0.717, 1.165) is 0 Å². The maximum absolute atomic E-state index is 12.3. The molecule has 0 heterocycles. The highest BCUT2D eigenvalue weighted by molar-refractivity contribution is 7.92. The molecule has 0 atom stereocenters. The lowest BCUT2D eigenvalue weighted by molar-refractivity contribution is 0.0526. The Morgan fingerprint density at radius 3 is 2.00 bits per heavy atom. The van der Waals surface area contributed by atoms with E-state index >= 15 is 0 Å². The SMILES string of the molecule is CCOC(=O)c1ccc(S(=O)(=O)Nc2ccc(C(C)=O)cc2)cc1. The Morgan fingerprint density at radius 2 is 1.50 bits per heavy atom. The third-order valence-electron chi connectivity index (χ3n) is 3.22. The number of rotatable bonds is 6. The molecule has 0 fully saturated rings. The molecule has 2 rings (SSSR count). The van der Waals surface area contributed by atoms with Crippen molar-refractivity contribution in [3.63, 3.8) is 0 Å². The number of esters is 1. The summed E-state index contributed by atoms with van der Waals surface area (Å²) in [4.78, 5) is 22.8. The van der Waals surface area contributed by atoms with Crippen molar-refractivity contribution < 1.29 is 22.7 Å². The van der Waals surface area contributed by atoms with E-state index in [4.69, 9.17) is 4.74 Å². The van der Waals surface area contributed by atoms with E-state index in [2.05, 4.69) is 4.72 Å². The number of hydrogen-bond acceptors (Lipinski definition) is 5. The fraction of sp³-hybridized carbons (Fsp3) is 0.176. The molecule has 0 aliphatic heterocycles. The van der Waals surface area contributed by atoms with E-state index < -0.39 is 16.0 Å². The van der Waals surface area contributed by atoms with E-state index in [1.54, 1.807) is 19.1 Å². The van der Waals surface area contributed by atoms with E-state index in [9.17, 15) is 18.0 Å². The van der Waals surface area contributed by atoms with Gasteiger partial charge in [0.1, 0.15) is 0 Å². The maximum Gasteiger partial charge on any atom is 0.338 e. The van der Waals surface area contributed by atoms with E-state index in [-0.39, 0.29) is 22.8 Å². The molecule has 126 valence electrons. The van der Waals surface area contributed by atoms with Crippen LogP contribution in [0.2, 0.25) is 0 Å². The van der Waals surface area contributed by atoms with Crippen molar-refractivity contribution in [2.75, 3.05) is 11.3 Å². The average Bonchev–Trinajstić information content (AvgIpc) is 2.55. The second-order valence-electron chi connectivity index (χ2n) is 4.98. The second kappa shape index (κ2) is 7.27. The molecule has 6 nitrogen and oxygen atoms in total. The molecular weight excluding hydrogens is 330 g/mol. The zero-order valence-corrected chi connectivity index (χ0v) is 14.1. The number of carbonyl (C=O) groups is 2. The number of ether oxygens (including phenoxy) is 1. The van der Waals surface area contributed by atoms with Crippen LogP contribution in [0.3, 0.4) is 0 Å². The van der Waals surface area contributed by atoms with E-state index in [1.165, 1.54) is 43.3 Å². The van der Waals surface area contributed by atoms with Gasteiger partial charge in [0.25, 0.3) is 10.0 Å². The summed E-state index contributed by atoms with van der Waals surface area (Å²) >= 11 is 0. The first-order chi connectivity index (χ1) is 11.3. The number of carbonyl (C=O) groups excluding carboxylic acids is 2. The Balaban J connectivity index is 2.18. The van der Waals surface area contributed by atoms with Gasteiger partial charge in [-0.15, -0.1) is 0 Å². The van der Waals surface area contributed by atoms with Crippen LogP contribution < -0.4 is 4.72 Å². The number of sulfonamides is 1. The van der Waals surface area contributed by atoms with E-state index in [0.29, 0.717) is 11.3 Å². The first-order valence-electron chi connectivity index (χ1n) is 7.24. The molecule has 0 unspecified atom stereocenters. The van der Waals surface area contributed by atoms with Crippen LogP contribution in [-0.4, -0.2) is 26.8 Å². The summed E-state index contributed by atoms with van der Waals surface area (Å²) in [6.45, 7) is 3.37. The first kappa shape index (κ1) is 17.7. The van der Waals surface area contributed by atoms with Gasteiger partial charge in [0.15, 0.2) is 5.78 Å². The molecular formula is C17H17NO5S. The number of anilines is 1. The third kappa shape index (κ3) is 4.20. The van der Waals surface area contributed by atoms with Crippen molar-refractivity contribution in [1.82, 2.24) is 0 Å². The molecule has 0 amide bonds. The molecule has 2 aromatic carbocycles. The highest BCUT2D eigenvalue weighted by Crippen LogP contribution is 2.18. The van der Waals surface area contributed by atoms with Crippen LogP contribution in [0.25, 0.3) is 0 Å². The summed E-state index contributed by atoms with van der Waals surface area (Å²) in [5.41, 5.74) is 1.12. The van der Waals surface area contributed by atoms with Crippen LogP contribution in [0.5, 0.6) is 0 Å². The molecule has 1 N–H and O–H groups in total. The standard InChI is InChI=1S/C17H17NO5S/c1-3-23-17(20)14-6-10-16(11-7-14)24(21,22)18-15-8-4-13(5-9-15)12(2)19/h4-11,18H,3H2,1-2H3. The molecule has 0 spiro atoms. The summed E-state index contributed by atoms with van der Waals surface area (Å²) in [5, 5.41) is 0. The minimum atomic E-state index is -3.79. The van der Waals surface area contributed by atoms with Gasteiger partial charge in [-0.25, -0.2) is 13.2 Å². The number of Topliss-reactive ketones (excluding diaryl/α,β-unsaturated/α-hetero) is 1. The topological polar surface area (TPSA) is 89.5 Å². The zero-order chi connectivity index (χ0) is 17.7. The van der Waals surface area contributed by atoms with Gasteiger partial charge in [-0.3, -0.25) is 9.52 Å².